The molecule has 59 heavy (non-hydrogen) atoms. The number of unbranched alkanes of at least 4 members (excludes halogenated alkanes) is 29. The van der Waals surface area contributed by atoms with Gasteiger partial charge in [-0.05, 0) is 77.0 Å². The van der Waals surface area contributed by atoms with Crippen molar-refractivity contribution in [3.8, 4) is 0 Å². The van der Waals surface area contributed by atoms with Gasteiger partial charge in [0, 0.05) is 12.8 Å². The Morgan fingerprint density at radius 2 is 0.881 bits per heavy atom. The normalized spacial score (nSPS) is 13.1. The minimum absolute atomic E-state index is 0.0533. The van der Waals surface area contributed by atoms with Gasteiger partial charge >= 0.3 is 5.97 Å². The SMILES string of the molecule is CCCC/C=C\C/C=C\CCCCCCCC(=O)OCCCCCC/C=C\CCCC(=O)NC(CO)C(O)/C=C/CCCCCCCCCCCCCCCCCCC. The van der Waals surface area contributed by atoms with Gasteiger partial charge in [0.1, 0.15) is 0 Å². The number of hydrogen-bond donors (Lipinski definition) is 3. The van der Waals surface area contributed by atoms with Crippen molar-refractivity contribution in [1.29, 1.82) is 0 Å². The number of aliphatic hydroxyl groups is 2. The second-order valence-corrected chi connectivity index (χ2v) is 17.1. The van der Waals surface area contributed by atoms with E-state index in [1.807, 2.05) is 6.08 Å². The number of ether oxygens (including phenoxy) is 1. The van der Waals surface area contributed by atoms with Gasteiger partial charge in [0.05, 0.1) is 25.4 Å². The van der Waals surface area contributed by atoms with Crippen molar-refractivity contribution in [1.82, 2.24) is 5.32 Å². The van der Waals surface area contributed by atoms with Crippen LogP contribution >= 0.6 is 0 Å². The summed E-state index contributed by atoms with van der Waals surface area (Å²) in [5.74, 6) is -0.183. The maximum atomic E-state index is 12.4. The lowest BCUT2D eigenvalue weighted by atomic mass is 10.0. The molecule has 0 heterocycles. The van der Waals surface area contributed by atoms with Gasteiger partial charge in [-0.25, -0.2) is 0 Å². The van der Waals surface area contributed by atoms with Gasteiger partial charge in [0.15, 0.2) is 0 Å². The smallest absolute Gasteiger partial charge is 0.305 e. The van der Waals surface area contributed by atoms with Gasteiger partial charge in [-0.15, -0.1) is 0 Å². The quantitative estimate of drug-likeness (QED) is 0.0323. The minimum atomic E-state index is -0.877. The molecule has 344 valence electrons. The van der Waals surface area contributed by atoms with Crippen LogP contribution in [0, 0.1) is 0 Å². The first kappa shape index (κ1) is 56.8. The molecule has 6 nitrogen and oxygen atoms in total. The highest BCUT2D eigenvalue weighted by atomic mass is 16.5. The monoisotopic (exact) mass is 828 g/mol. The van der Waals surface area contributed by atoms with E-state index in [1.54, 1.807) is 6.08 Å². The highest BCUT2D eigenvalue weighted by molar-refractivity contribution is 5.76. The van der Waals surface area contributed by atoms with Crippen LogP contribution < -0.4 is 5.32 Å². The predicted molar refractivity (Wildman–Crippen MR) is 255 cm³/mol. The molecule has 0 aliphatic heterocycles. The molecule has 0 saturated heterocycles. The van der Waals surface area contributed by atoms with E-state index in [0.717, 1.165) is 83.5 Å². The molecular formula is C53H97NO5. The maximum absolute atomic E-state index is 12.4. The highest BCUT2D eigenvalue weighted by Crippen LogP contribution is 2.15. The number of carbonyl (C=O) groups excluding carboxylic acids is 2. The van der Waals surface area contributed by atoms with Crippen molar-refractivity contribution in [3.05, 3.63) is 48.6 Å². The van der Waals surface area contributed by atoms with Gasteiger partial charge in [0.2, 0.25) is 5.91 Å². The molecule has 6 heteroatoms. The van der Waals surface area contributed by atoms with Crippen molar-refractivity contribution in [2.24, 2.45) is 0 Å². The summed E-state index contributed by atoms with van der Waals surface area (Å²) >= 11 is 0. The van der Waals surface area contributed by atoms with Crippen molar-refractivity contribution < 1.29 is 24.5 Å². The van der Waals surface area contributed by atoms with Crippen LogP contribution in [0.25, 0.3) is 0 Å². The second-order valence-electron chi connectivity index (χ2n) is 17.1. The average molecular weight is 828 g/mol. The summed E-state index contributed by atoms with van der Waals surface area (Å²) in [4.78, 5) is 24.4. The third kappa shape index (κ3) is 45.2. The number of carbonyl (C=O) groups is 2. The summed E-state index contributed by atoms with van der Waals surface area (Å²) in [5, 5.41) is 23.0. The summed E-state index contributed by atoms with van der Waals surface area (Å²) < 4.78 is 5.42. The van der Waals surface area contributed by atoms with Gasteiger partial charge in [-0.2, -0.15) is 0 Å². The molecule has 1 amide bonds. The van der Waals surface area contributed by atoms with Crippen LogP contribution in [0.2, 0.25) is 0 Å². The standard InChI is InChI=1S/C53H97NO5/c1-3-5-7-9-11-13-15-17-19-20-21-22-23-24-26-29-33-37-41-45-51(56)50(49-55)54-52(57)46-42-38-34-30-28-32-36-40-44-48-59-53(58)47-43-39-35-31-27-25-18-16-14-12-10-8-6-4-2/h10,12,16,18,30,34,41,45,50-51,55-56H,3-9,11,13-15,17,19-29,31-33,35-40,42-44,46-49H2,1-2H3,(H,54,57)/b12-10-,18-16-,34-30-,45-41+. The molecule has 0 fully saturated rings. The lowest BCUT2D eigenvalue weighted by molar-refractivity contribution is -0.143. The van der Waals surface area contributed by atoms with E-state index in [1.165, 1.54) is 141 Å². The van der Waals surface area contributed by atoms with E-state index in [0.29, 0.717) is 19.4 Å². The zero-order valence-electron chi connectivity index (χ0n) is 39.0. The molecule has 3 N–H and O–H groups in total. The number of rotatable bonds is 46. The Hall–Kier alpha value is -2.18. The van der Waals surface area contributed by atoms with E-state index in [9.17, 15) is 19.8 Å². The van der Waals surface area contributed by atoms with Crippen molar-refractivity contribution in [3.63, 3.8) is 0 Å². The number of amides is 1. The van der Waals surface area contributed by atoms with Gasteiger partial charge in [-0.1, -0.05) is 210 Å². The van der Waals surface area contributed by atoms with Crippen molar-refractivity contribution in [2.75, 3.05) is 13.2 Å². The summed E-state index contributed by atoms with van der Waals surface area (Å²) in [6.45, 7) is 4.76. The van der Waals surface area contributed by atoms with Crippen LogP contribution in [0.1, 0.15) is 251 Å². The second kappa shape index (κ2) is 48.5. The fourth-order valence-electron chi connectivity index (χ4n) is 7.36. The largest absolute Gasteiger partial charge is 0.466 e. The van der Waals surface area contributed by atoms with Crippen molar-refractivity contribution >= 4 is 11.9 Å². The molecule has 0 saturated carbocycles. The van der Waals surface area contributed by atoms with E-state index >= 15 is 0 Å². The Kier molecular flexibility index (Phi) is 46.7. The van der Waals surface area contributed by atoms with Crippen LogP contribution in [0.4, 0.5) is 0 Å². The molecule has 0 aromatic rings. The first-order chi connectivity index (χ1) is 29.0. The van der Waals surface area contributed by atoms with E-state index < -0.39 is 12.1 Å². The molecule has 0 aliphatic rings. The fourth-order valence-corrected chi connectivity index (χ4v) is 7.36. The minimum Gasteiger partial charge on any atom is -0.466 e. The van der Waals surface area contributed by atoms with Crippen LogP contribution in [0.15, 0.2) is 48.6 Å². The first-order valence-electron chi connectivity index (χ1n) is 25.4. The summed E-state index contributed by atoms with van der Waals surface area (Å²) in [6, 6.07) is -0.668. The number of aliphatic hydroxyl groups excluding tert-OH is 2. The molecule has 0 spiro atoms. The number of nitrogens with one attached hydrogen (secondary N) is 1. The highest BCUT2D eigenvalue weighted by Gasteiger charge is 2.17. The van der Waals surface area contributed by atoms with E-state index in [4.69, 9.17) is 4.74 Å². The van der Waals surface area contributed by atoms with Crippen LogP contribution in [0.3, 0.4) is 0 Å². The van der Waals surface area contributed by atoms with Crippen molar-refractivity contribution in [2.45, 2.75) is 264 Å². The number of allylic oxidation sites excluding steroid dienone is 7. The van der Waals surface area contributed by atoms with Gasteiger partial charge in [0.25, 0.3) is 0 Å². The lowest BCUT2D eigenvalue weighted by Crippen LogP contribution is -2.45. The molecule has 0 bridgehead atoms. The Bertz CT molecular complexity index is 1000. The average Bonchev–Trinajstić information content (AvgIpc) is 3.24. The first-order valence-corrected chi connectivity index (χ1v) is 25.4. The maximum Gasteiger partial charge on any atom is 0.305 e. The zero-order valence-corrected chi connectivity index (χ0v) is 39.0. The molecule has 0 aromatic heterocycles. The van der Waals surface area contributed by atoms with Gasteiger partial charge < -0.3 is 20.3 Å². The van der Waals surface area contributed by atoms with E-state index in [2.05, 4.69) is 55.6 Å². The van der Waals surface area contributed by atoms with Crippen LogP contribution in [-0.4, -0.2) is 47.4 Å². The third-order valence-corrected chi connectivity index (χ3v) is 11.3. The Labute approximate surface area is 366 Å². The molecule has 0 aromatic carbocycles. The number of esters is 1. The van der Waals surface area contributed by atoms with Gasteiger partial charge in [-0.3, -0.25) is 9.59 Å². The van der Waals surface area contributed by atoms with E-state index in [-0.39, 0.29) is 18.5 Å². The molecule has 0 radical (unpaired) electrons. The molecule has 2 atom stereocenters. The summed E-state index contributed by atoms with van der Waals surface area (Å²) in [7, 11) is 0. The predicted octanol–water partition coefficient (Wildman–Crippen LogP) is 15.1. The summed E-state index contributed by atoms with van der Waals surface area (Å²) in [5.41, 5.74) is 0. The fraction of sp³-hybridized carbons (Fsp3) is 0.811. The number of hydrogen-bond acceptors (Lipinski definition) is 5. The third-order valence-electron chi connectivity index (χ3n) is 11.3. The zero-order chi connectivity index (χ0) is 43.0. The van der Waals surface area contributed by atoms with Crippen LogP contribution in [-0.2, 0) is 14.3 Å². The van der Waals surface area contributed by atoms with Crippen LogP contribution in [0.5, 0.6) is 0 Å². The Balaban J connectivity index is 3.61. The molecule has 0 aliphatic carbocycles. The topological polar surface area (TPSA) is 95.9 Å². The Morgan fingerprint density at radius 1 is 0.475 bits per heavy atom. The Morgan fingerprint density at radius 3 is 1.39 bits per heavy atom. The summed E-state index contributed by atoms with van der Waals surface area (Å²) in [6.07, 6.45) is 59.7. The lowest BCUT2D eigenvalue weighted by Gasteiger charge is -2.19. The molecule has 0 rings (SSSR count). The molecular weight excluding hydrogens is 731 g/mol. The molecule has 2 unspecified atom stereocenters.